The van der Waals surface area contributed by atoms with E-state index in [-0.39, 0.29) is 0 Å². The van der Waals surface area contributed by atoms with E-state index in [0.29, 0.717) is 0 Å². The van der Waals surface area contributed by atoms with Gasteiger partial charge in [0, 0.05) is 49.5 Å². The van der Waals surface area contributed by atoms with Gasteiger partial charge < -0.3 is 14.6 Å². The molecular weight excluding hydrogens is 260 g/mol. The maximum Gasteiger partial charge on any atom is 0.0486 e. The number of ether oxygens (including phenoxy) is 1. The van der Waals surface area contributed by atoms with Gasteiger partial charge in [0.1, 0.15) is 0 Å². The second-order valence-electron chi connectivity index (χ2n) is 5.64. The Hall–Kier alpha value is -1.58. The second-order valence-corrected chi connectivity index (χ2v) is 5.64. The van der Waals surface area contributed by atoms with Crippen LogP contribution < -0.4 is 5.32 Å². The summed E-state index contributed by atoms with van der Waals surface area (Å²) in [5.74, 6) is 0. The van der Waals surface area contributed by atoms with Crippen LogP contribution in [0.15, 0.2) is 36.5 Å². The van der Waals surface area contributed by atoms with Crippen LogP contribution in [0.25, 0.3) is 16.5 Å². The summed E-state index contributed by atoms with van der Waals surface area (Å²) in [7, 11) is 1.77. The first-order chi connectivity index (χ1) is 10.4. The smallest absolute Gasteiger partial charge is 0.0486 e. The molecule has 0 atom stereocenters. The van der Waals surface area contributed by atoms with E-state index in [4.69, 9.17) is 4.74 Å². The monoisotopic (exact) mass is 284 g/mol. The molecule has 0 saturated heterocycles. The Bertz CT molecular complexity index is 627. The molecule has 0 spiro atoms. The van der Waals surface area contributed by atoms with Crippen molar-refractivity contribution in [2.24, 2.45) is 0 Å². The van der Waals surface area contributed by atoms with E-state index in [1.807, 2.05) is 0 Å². The lowest BCUT2D eigenvalue weighted by molar-refractivity contribution is 0.191. The first-order valence-electron chi connectivity index (χ1n) is 7.87. The van der Waals surface area contributed by atoms with Crippen LogP contribution in [-0.2, 0) is 11.3 Å². The molecule has 1 aliphatic heterocycles. The highest BCUT2D eigenvalue weighted by molar-refractivity contribution is 5.93. The number of rotatable bonds is 6. The normalized spacial score (nSPS) is 15.4. The lowest BCUT2D eigenvalue weighted by Gasteiger charge is -2.13. The van der Waals surface area contributed by atoms with Crippen LogP contribution in [0.5, 0.6) is 0 Å². The van der Waals surface area contributed by atoms with Crippen molar-refractivity contribution >= 4 is 16.5 Å². The van der Waals surface area contributed by atoms with Crippen LogP contribution in [0.2, 0.25) is 0 Å². The number of aryl methyl sites for hydroxylation is 1. The summed E-state index contributed by atoms with van der Waals surface area (Å²) < 4.78 is 7.55. The van der Waals surface area contributed by atoms with Gasteiger partial charge in [-0.1, -0.05) is 24.3 Å². The molecule has 3 nitrogen and oxygen atoms in total. The van der Waals surface area contributed by atoms with Gasteiger partial charge in [0.2, 0.25) is 0 Å². The molecule has 2 aromatic rings. The minimum atomic E-state index is 0.850. The number of fused-ring (bicyclic) bond motifs is 1. The molecule has 0 radical (unpaired) electrons. The Balaban J connectivity index is 1.88. The molecule has 2 heterocycles. The summed E-state index contributed by atoms with van der Waals surface area (Å²) in [4.78, 5) is 0. The molecule has 0 unspecified atom stereocenters. The highest BCUT2D eigenvalue weighted by Gasteiger charge is 2.13. The Kier molecular flexibility index (Phi) is 4.73. The van der Waals surface area contributed by atoms with Crippen molar-refractivity contribution < 1.29 is 4.74 Å². The van der Waals surface area contributed by atoms with Gasteiger partial charge in [0.25, 0.3) is 0 Å². The third kappa shape index (κ3) is 3.20. The Morgan fingerprint density at radius 2 is 2.14 bits per heavy atom. The minimum absolute atomic E-state index is 0.850. The average Bonchev–Trinajstić information content (AvgIpc) is 2.92. The van der Waals surface area contributed by atoms with Gasteiger partial charge in [0.15, 0.2) is 0 Å². The molecule has 0 saturated carbocycles. The van der Waals surface area contributed by atoms with Crippen molar-refractivity contribution in [3.63, 3.8) is 0 Å². The largest absolute Gasteiger partial charge is 0.385 e. The van der Waals surface area contributed by atoms with Crippen molar-refractivity contribution in [2.45, 2.75) is 25.8 Å². The van der Waals surface area contributed by atoms with Gasteiger partial charge in [-0.3, -0.25) is 0 Å². The number of unbranched alkanes of at least 4 members (excludes halogenated alkanes) is 1. The lowest BCUT2D eigenvalue weighted by atomic mass is 10.00. The van der Waals surface area contributed by atoms with E-state index in [2.05, 4.69) is 46.4 Å². The molecule has 1 aromatic carbocycles. The predicted octanol–water partition coefficient (Wildman–Crippen LogP) is 3.44. The Morgan fingerprint density at radius 3 is 2.95 bits per heavy atom. The molecule has 21 heavy (non-hydrogen) atoms. The number of aromatic nitrogens is 1. The topological polar surface area (TPSA) is 26.2 Å². The third-order valence-corrected chi connectivity index (χ3v) is 4.20. The van der Waals surface area contributed by atoms with Crippen molar-refractivity contribution in [3.8, 4) is 0 Å². The fourth-order valence-corrected chi connectivity index (χ4v) is 3.08. The average molecular weight is 284 g/mol. The molecule has 1 N–H and O–H groups in total. The number of hydrogen-bond donors (Lipinski definition) is 1. The first-order valence-corrected chi connectivity index (χ1v) is 7.87. The van der Waals surface area contributed by atoms with Crippen molar-refractivity contribution in [1.82, 2.24) is 9.88 Å². The quantitative estimate of drug-likeness (QED) is 0.822. The molecule has 1 aliphatic rings. The number of para-hydroxylation sites is 1. The summed E-state index contributed by atoms with van der Waals surface area (Å²) >= 11 is 0. The zero-order valence-electron chi connectivity index (χ0n) is 12.8. The Labute approximate surface area is 126 Å². The van der Waals surface area contributed by atoms with E-state index in [9.17, 15) is 0 Å². The maximum atomic E-state index is 5.14. The molecule has 3 heteroatoms. The first kappa shape index (κ1) is 14.4. The fraction of sp³-hybridized carbons (Fsp3) is 0.444. The van der Waals surface area contributed by atoms with Crippen LogP contribution in [0.3, 0.4) is 0 Å². The minimum Gasteiger partial charge on any atom is -0.385 e. The van der Waals surface area contributed by atoms with Crippen molar-refractivity contribution in [2.75, 3.05) is 26.8 Å². The van der Waals surface area contributed by atoms with Gasteiger partial charge in [-0.05, 0) is 37.4 Å². The van der Waals surface area contributed by atoms with Crippen LogP contribution in [0.4, 0.5) is 0 Å². The summed E-state index contributed by atoms with van der Waals surface area (Å²) in [5, 5.41) is 4.78. The third-order valence-electron chi connectivity index (χ3n) is 4.20. The Morgan fingerprint density at radius 1 is 1.24 bits per heavy atom. The predicted molar refractivity (Wildman–Crippen MR) is 88.5 cm³/mol. The highest BCUT2D eigenvalue weighted by Crippen LogP contribution is 2.30. The van der Waals surface area contributed by atoms with E-state index >= 15 is 0 Å². The number of nitrogens with one attached hydrogen (secondary N) is 1. The van der Waals surface area contributed by atoms with Gasteiger partial charge in [0.05, 0.1) is 0 Å². The van der Waals surface area contributed by atoms with Crippen LogP contribution in [0.1, 0.15) is 24.8 Å². The molecular formula is C18H24N2O. The van der Waals surface area contributed by atoms with E-state index < -0.39 is 0 Å². The summed E-state index contributed by atoms with van der Waals surface area (Å²) in [6.07, 6.45) is 8.07. The van der Waals surface area contributed by atoms with Crippen LogP contribution >= 0.6 is 0 Å². The fourth-order valence-electron chi connectivity index (χ4n) is 3.08. The van der Waals surface area contributed by atoms with Gasteiger partial charge in [-0.25, -0.2) is 0 Å². The number of methoxy groups -OCH3 is 1. The van der Waals surface area contributed by atoms with Crippen LogP contribution in [0, 0.1) is 0 Å². The van der Waals surface area contributed by atoms with Gasteiger partial charge in [-0.2, -0.15) is 0 Å². The van der Waals surface area contributed by atoms with E-state index in [1.54, 1.807) is 7.11 Å². The number of hydrogen-bond acceptors (Lipinski definition) is 2. The zero-order valence-corrected chi connectivity index (χ0v) is 12.8. The summed E-state index contributed by atoms with van der Waals surface area (Å²) in [6, 6.07) is 8.76. The summed E-state index contributed by atoms with van der Waals surface area (Å²) in [6.45, 7) is 3.99. The lowest BCUT2D eigenvalue weighted by Crippen LogP contribution is -2.19. The number of benzene rings is 1. The van der Waals surface area contributed by atoms with E-state index in [1.165, 1.54) is 22.0 Å². The second kappa shape index (κ2) is 6.92. The molecule has 0 aliphatic carbocycles. The molecule has 112 valence electrons. The molecule has 0 fully saturated rings. The van der Waals surface area contributed by atoms with Gasteiger partial charge >= 0.3 is 0 Å². The zero-order chi connectivity index (χ0) is 14.5. The molecule has 0 amide bonds. The van der Waals surface area contributed by atoms with Crippen LogP contribution in [-0.4, -0.2) is 31.4 Å². The van der Waals surface area contributed by atoms with E-state index in [0.717, 1.165) is 45.5 Å². The van der Waals surface area contributed by atoms with Crippen molar-refractivity contribution in [3.05, 3.63) is 42.1 Å². The van der Waals surface area contributed by atoms with Gasteiger partial charge in [-0.15, -0.1) is 0 Å². The molecule has 0 bridgehead atoms. The molecule has 3 rings (SSSR count). The highest BCUT2D eigenvalue weighted by atomic mass is 16.5. The number of nitrogens with zero attached hydrogens (tertiary/aromatic N) is 1. The SMILES string of the molecule is COCCCCn1cc(C2=CCNCC2)c2ccccc21. The standard InChI is InChI=1S/C18H24N2O/c1-21-13-5-4-12-20-14-17(15-8-10-19-11-9-15)16-6-2-3-7-18(16)20/h2-3,6-8,14,19H,4-5,9-13H2,1H3. The molecule has 1 aromatic heterocycles. The maximum absolute atomic E-state index is 5.14. The van der Waals surface area contributed by atoms with Crippen molar-refractivity contribution in [1.29, 1.82) is 0 Å². The summed E-state index contributed by atoms with van der Waals surface area (Å²) in [5.41, 5.74) is 4.25.